The second kappa shape index (κ2) is 6.26. The van der Waals surface area contributed by atoms with Crippen LogP contribution in [0.4, 0.5) is 0 Å². The number of hydrogen-bond acceptors (Lipinski definition) is 3. The fraction of sp³-hybridized carbons (Fsp3) is 0.111. The first-order valence-corrected chi connectivity index (χ1v) is 7.45. The molecule has 0 saturated carbocycles. The van der Waals surface area contributed by atoms with Gasteiger partial charge in [-0.25, -0.2) is 9.97 Å². The minimum atomic E-state index is 0.395. The van der Waals surface area contributed by atoms with Crippen molar-refractivity contribution in [3.05, 3.63) is 70.9 Å². The Morgan fingerprint density at radius 2 is 1.86 bits per heavy atom. The van der Waals surface area contributed by atoms with Crippen molar-refractivity contribution < 1.29 is 0 Å². The zero-order chi connectivity index (χ0) is 15.5. The number of halogens is 1. The van der Waals surface area contributed by atoms with E-state index < -0.39 is 0 Å². The molecular formula is C18H16ClN3. The summed E-state index contributed by atoms with van der Waals surface area (Å²) in [6, 6.07) is 15.7. The van der Waals surface area contributed by atoms with Crippen molar-refractivity contribution in [3.63, 3.8) is 0 Å². The van der Waals surface area contributed by atoms with Gasteiger partial charge in [0.1, 0.15) is 0 Å². The van der Waals surface area contributed by atoms with E-state index in [-0.39, 0.29) is 0 Å². The van der Waals surface area contributed by atoms with Crippen LogP contribution in [0.3, 0.4) is 0 Å². The molecule has 0 unspecified atom stereocenters. The van der Waals surface area contributed by atoms with Crippen LogP contribution in [0.2, 0.25) is 5.02 Å². The molecule has 1 heterocycles. The Hall–Kier alpha value is -2.23. The Labute approximate surface area is 134 Å². The summed E-state index contributed by atoms with van der Waals surface area (Å²) >= 11 is 6.05. The molecule has 3 rings (SSSR count). The van der Waals surface area contributed by atoms with E-state index in [0.29, 0.717) is 17.4 Å². The highest BCUT2D eigenvalue weighted by Crippen LogP contribution is 2.28. The van der Waals surface area contributed by atoms with Crippen LogP contribution in [0.5, 0.6) is 0 Å². The van der Waals surface area contributed by atoms with Gasteiger partial charge in [0.15, 0.2) is 5.82 Å². The highest BCUT2D eigenvalue weighted by molar-refractivity contribution is 6.30. The van der Waals surface area contributed by atoms with Gasteiger partial charge >= 0.3 is 0 Å². The van der Waals surface area contributed by atoms with Crippen LogP contribution in [0, 0.1) is 6.92 Å². The van der Waals surface area contributed by atoms with E-state index in [1.807, 2.05) is 55.5 Å². The van der Waals surface area contributed by atoms with E-state index in [9.17, 15) is 0 Å². The SMILES string of the molecule is Cc1cc(Cl)ccc1-c1nc(-c2ccccc2)ncc1CN. The van der Waals surface area contributed by atoms with Crippen molar-refractivity contribution in [3.8, 4) is 22.6 Å². The summed E-state index contributed by atoms with van der Waals surface area (Å²) < 4.78 is 0. The molecule has 0 fully saturated rings. The van der Waals surface area contributed by atoms with Gasteiger partial charge in [-0.2, -0.15) is 0 Å². The average Bonchev–Trinajstić information content (AvgIpc) is 2.55. The fourth-order valence-electron chi connectivity index (χ4n) is 2.41. The van der Waals surface area contributed by atoms with Crippen LogP contribution >= 0.6 is 11.6 Å². The van der Waals surface area contributed by atoms with E-state index in [1.165, 1.54) is 0 Å². The molecule has 0 amide bonds. The lowest BCUT2D eigenvalue weighted by molar-refractivity contribution is 1.02. The van der Waals surface area contributed by atoms with E-state index in [1.54, 1.807) is 6.20 Å². The minimum Gasteiger partial charge on any atom is -0.326 e. The molecule has 4 heteroatoms. The number of nitrogens with two attached hydrogens (primary N) is 1. The quantitative estimate of drug-likeness (QED) is 0.787. The second-order valence-corrected chi connectivity index (χ2v) is 5.53. The molecule has 0 bridgehead atoms. The van der Waals surface area contributed by atoms with Crippen molar-refractivity contribution in [2.45, 2.75) is 13.5 Å². The molecular weight excluding hydrogens is 294 g/mol. The number of aromatic nitrogens is 2. The highest BCUT2D eigenvalue weighted by atomic mass is 35.5. The van der Waals surface area contributed by atoms with Gasteiger partial charge in [-0.1, -0.05) is 48.0 Å². The Balaban J connectivity index is 2.17. The highest BCUT2D eigenvalue weighted by Gasteiger charge is 2.12. The lowest BCUT2D eigenvalue weighted by Gasteiger charge is -2.11. The molecule has 2 aromatic carbocycles. The first-order valence-electron chi connectivity index (χ1n) is 7.07. The Bertz CT molecular complexity index is 801. The van der Waals surface area contributed by atoms with Gasteiger partial charge in [0.2, 0.25) is 0 Å². The first-order chi connectivity index (χ1) is 10.7. The molecule has 1 aromatic heterocycles. The standard InChI is InChI=1S/C18H16ClN3/c1-12-9-15(19)7-8-16(12)17-14(10-20)11-21-18(22-17)13-5-3-2-4-6-13/h2-9,11H,10,20H2,1H3. The second-order valence-electron chi connectivity index (χ2n) is 5.10. The van der Waals surface area contributed by atoms with Crippen molar-refractivity contribution in [1.29, 1.82) is 0 Å². The average molecular weight is 310 g/mol. The number of hydrogen-bond donors (Lipinski definition) is 1. The predicted molar refractivity (Wildman–Crippen MR) is 90.5 cm³/mol. The number of nitrogens with zero attached hydrogens (tertiary/aromatic N) is 2. The van der Waals surface area contributed by atoms with E-state index >= 15 is 0 Å². The molecule has 0 atom stereocenters. The number of rotatable bonds is 3. The maximum atomic E-state index is 6.05. The van der Waals surface area contributed by atoms with Gasteiger partial charge in [0.05, 0.1) is 5.69 Å². The lowest BCUT2D eigenvalue weighted by atomic mass is 10.0. The maximum Gasteiger partial charge on any atom is 0.159 e. The van der Waals surface area contributed by atoms with Crippen molar-refractivity contribution in [2.75, 3.05) is 0 Å². The normalized spacial score (nSPS) is 10.7. The Morgan fingerprint density at radius 1 is 1.09 bits per heavy atom. The third kappa shape index (κ3) is 2.86. The summed E-state index contributed by atoms with van der Waals surface area (Å²) in [6.45, 7) is 2.41. The molecule has 110 valence electrons. The van der Waals surface area contributed by atoms with Crippen LogP contribution < -0.4 is 5.73 Å². The van der Waals surface area contributed by atoms with Crippen molar-refractivity contribution >= 4 is 11.6 Å². The summed E-state index contributed by atoms with van der Waals surface area (Å²) in [7, 11) is 0. The third-order valence-corrected chi connectivity index (χ3v) is 3.80. The van der Waals surface area contributed by atoms with Gasteiger partial charge in [0, 0.05) is 34.5 Å². The molecule has 22 heavy (non-hydrogen) atoms. The fourth-order valence-corrected chi connectivity index (χ4v) is 2.64. The third-order valence-electron chi connectivity index (χ3n) is 3.56. The van der Waals surface area contributed by atoms with Crippen LogP contribution in [-0.4, -0.2) is 9.97 Å². The zero-order valence-corrected chi connectivity index (χ0v) is 13.0. The minimum absolute atomic E-state index is 0.395. The van der Waals surface area contributed by atoms with E-state index in [4.69, 9.17) is 22.3 Å². The van der Waals surface area contributed by atoms with Crippen LogP contribution in [-0.2, 0) is 6.54 Å². The molecule has 3 nitrogen and oxygen atoms in total. The van der Waals surface area contributed by atoms with E-state index in [2.05, 4.69) is 4.98 Å². The van der Waals surface area contributed by atoms with Crippen LogP contribution in [0.1, 0.15) is 11.1 Å². The summed E-state index contributed by atoms with van der Waals surface area (Å²) in [5.41, 5.74) is 10.7. The monoisotopic (exact) mass is 309 g/mol. The smallest absolute Gasteiger partial charge is 0.159 e. The Kier molecular flexibility index (Phi) is 4.18. The summed E-state index contributed by atoms with van der Waals surface area (Å²) in [5.74, 6) is 0.696. The van der Waals surface area contributed by atoms with Gasteiger partial charge in [-0.15, -0.1) is 0 Å². The van der Waals surface area contributed by atoms with Crippen LogP contribution in [0.15, 0.2) is 54.7 Å². The summed E-state index contributed by atoms with van der Waals surface area (Å²) in [4.78, 5) is 9.18. The van der Waals surface area contributed by atoms with Gasteiger partial charge < -0.3 is 5.73 Å². The zero-order valence-electron chi connectivity index (χ0n) is 12.3. The predicted octanol–water partition coefficient (Wildman–Crippen LogP) is 4.23. The van der Waals surface area contributed by atoms with Gasteiger partial charge in [-0.05, 0) is 24.6 Å². The number of benzene rings is 2. The van der Waals surface area contributed by atoms with Crippen molar-refractivity contribution in [2.24, 2.45) is 5.73 Å². The lowest BCUT2D eigenvalue weighted by Crippen LogP contribution is -2.04. The van der Waals surface area contributed by atoms with Gasteiger partial charge in [-0.3, -0.25) is 0 Å². The van der Waals surface area contributed by atoms with Crippen LogP contribution in [0.25, 0.3) is 22.6 Å². The van der Waals surface area contributed by atoms with Gasteiger partial charge in [0.25, 0.3) is 0 Å². The molecule has 0 aliphatic rings. The maximum absolute atomic E-state index is 6.05. The molecule has 2 N–H and O–H groups in total. The largest absolute Gasteiger partial charge is 0.326 e. The van der Waals surface area contributed by atoms with Crippen molar-refractivity contribution in [1.82, 2.24) is 9.97 Å². The van der Waals surface area contributed by atoms with E-state index in [0.717, 1.165) is 27.9 Å². The Morgan fingerprint density at radius 3 is 2.55 bits per heavy atom. The molecule has 0 radical (unpaired) electrons. The molecule has 0 aliphatic heterocycles. The summed E-state index contributed by atoms with van der Waals surface area (Å²) in [5, 5.41) is 0.716. The molecule has 0 aliphatic carbocycles. The molecule has 0 spiro atoms. The summed E-state index contributed by atoms with van der Waals surface area (Å²) in [6.07, 6.45) is 1.80. The molecule has 3 aromatic rings. The first kappa shape index (κ1) is 14.7. The molecule has 0 saturated heterocycles. The topological polar surface area (TPSA) is 51.8 Å². The number of aryl methyl sites for hydroxylation is 1.